The van der Waals surface area contributed by atoms with Crippen molar-refractivity contribution in [2.75, 3.05) is 24.6 Å². The summed E-state index contributed by atoms with van der Waals surface area (Å²) in [4.78, 5) is 11.4. The highest BCUT2D eigenvalue weighted by Gasteiger charge is 2.19. The zero-order chi connectivity index (χ0) is 13.7. The SMILES string of the molecule is CCCc1nc(Br)cc(N2CCCOC(CC)C2)n1. The van der Waals surface area contributed by atoms with Crippen LogP contribution in [0.2, 0.25) is 0 Å². The molecule has 0 saturated carbocycles. The highest BCUT2D eigenvalue weighted by atomic mass is 79.9. The summed E-state index contributed by atoms with van der Waals surface area (Å²) in [5, 5.41) is 0. The van der Waals surface area contributed by atoms with Crippen LogP contribution in [0.5, 0.6) is 0 Å². The number of aryl methyl sites for hydroxylation is 1. The monoisotopic (exact) mass is 327 g/mol. The Bertz CT molecular complexity index is 414. The third-order valence-corrected chi connectivity index (χ3v) is 3.74. The number of nitrogens with zero attached hydrogens (tertiary/aromatic N) is 3. The normalized spacial score (nSPS) is 20.4. The largest absolute Gasteiger partial charge is 0.376 e. The molecule has 2 rings (SSSR count). The predicted octanol–water partition coefficient (Wildman–Crippen LogP) is 3.20. The second-order valence-corrected chi connectivity index (χ2v) is 5.73. The Hall–Kier alpha value is -0.680. The fraction of sp³-hybridized carbons (Fsp3) is 0.714. The third kappa shape index (κ3) is 4.14. The van der Waals surface area contributed by atoms with Gasteiger partial charge in [0.25, 0.3) is 0 Å². The van der Waals surface area contributed by atoms with Gasteiger partial charge in [0.15, 0.2) is 0 Å². The molecule has 1 aliphatic rings. The molecule has 1 aromatic heterocycles. The van der Waals surface area contributed by atoms with E-state index >= 15 is 0 Å². The van der Waals surface area contributed by atoms with E-state index in [1.54, 1.807) is 0 Å². The summed E-state index contributed by atoms with van der Waals surface area (Å²) in [6.45, 7) is 7.10. The van der Waals surface area contributed by atoms with Gasteiger partial charge in [-0.05, 0) is 35.2 Å². The number of anilines is 1. The van der Waals surface area contributed by atoms with Gasteiger partial charge in [0.1, 0.15) is 16.2 Å². The first-order valence-corrected chi connectivity index (χ1v) is 7.92. The summed E-state index contributed by atoms with van der Waals surface area (Å²) in [7, 11) is 0. The number of ether oxygens (including phenoxy) is 1. The van der Waals surface area contributed by atoms with Crippen LogP contribution in [0, 0.1) is 0 Å². The van der Waals surface area contributed by atoms with Crippen LogP contribution in [0.15, 0.2) is 10.7 Å². The van der Waals surface area contributed by atoms with Crippen LogP contribution >= 0.6 is 15.9 Å². The number of aromatic nitrogens is 2. The van der Waals surface area contributed by atoms with E-state index < -0.39 is 0 Å². The van der Waals surface area contributed by atoms with Gasteiger partial charge in [0.05, 0.1) is 6.10 Å². The molecule has 5 heteroatoms. The van der Waals surface area contributed by atoms with Gasteiger partial charge in [-0.3, -0.25) is 0 Å². The lowest BCUT2D eigenvalue weighted by Crippen LogP contribution is -2.32. The molecular weight excluding hydrogens is 306 g/mol. The average Bonchev–Trinajstić information content (AvgIpc) is 2.63. The molecular formula is C14H22BrN3O. The topological polar surface area (TPSA) is 38.2 Å². The maximum absolute atomic E-state index is 5.82. The summed E-state index contributed by atoms with van der Waals surface area (Å²) in [5.74, 6) is 1.94. The molecule has 2 heterocycles. The van der Waals surface area contributed by atoms with Gasteiger partial charge in [-0.1, -0.05) is 13.8 Å². The van der Waals surface area contributed by atoms with E-state index in [0.29, 0.717) is 6.10 Å². The van der Waals surface area contributed by atoms with Crippen molar-refractivity contribution in [2.45, 2.75) is 45.6 Å². The molecule has 0 amide bonds. The highest BCUT2D eigenvalue weighted by Crippen LogP contribution is 2.20. The smallest absolute Gasteiger partial charge is 0.133 e. The van der Waals surface area contributed by atoms with Crippen molar-refractivity contribution in [1.29, 1.82) is 0 Å². The standard InChI is InChI=1S/C14H22BrN3O/c1-3-6-13-16-12(15)9-14(17-13)18-7-5-8-19-11(4-2)10-18/h9,11H,3-8,10H2,1-2H3. The number of hydrogen-bond donors (Lipinski definition) is 0. The second-order valence-electron chi connectivity index (χ2n) is 4.92. The first kappa shape index (κ1) is 14.7. The third-order valence-electron chi connectivity index (χ3n) is 3.33. The van der Waals surface area contributed by atoms with Gasteiger partial charge in [0, 0.05) is 32.2 Å². The Labute approximate surface area is 123 Å². The molecule has 0 spiro atoms. The minimum Gasteiger partial charge on any atom is -0.376 e. The Morgan fingerprint density at radius 3 is 3.00 bits per heavy atom. The first-order chi connectivity index (χ1) is 9.22. The first-order valence-electron chi connectivity index (χ1n) is 7.13. The van der Waals surface area contributed by atoms with E-state index in [1.165, 1.54) is 0 Å². The number of halogens is 1. The van der Waals surface area contributed by atoms with Crippen molar-refractivity contribution in [3.63, 3.8) is 0 Å². The molecule has 19 heavy (non-hydrogen) atoms. The maximum Gasteiger partial charge on any atom is 0.133 e. The molecule has 0 bridgehead atoms. The molecule has 4 nitrogen and oxygen atoms in total. The number of rotatable bonds is 4. The van der Waals surface area contributed by atoms with Gasteiger partial charge in [0.2, 0.25) is 0 Å². The van der Waals surface area contributed by atoms with Gasteiger partial charge in [-0.2, -0.15) is 0 Å². The summed E-state index contributed by atoms with van der Waals surface area (Å²) in [6, 6.07) is 2.01. The van der Waals surface area contributed by atoms with Gasteiger partial charge in [-0.15, -0.1) is 0 Å². The summed E-state index contributed by atoms with van der Waals surface area (Å²) in [5.41, 5.74) is 0. The van der Waals surface area contributed by atoms with E-state index in [-0.39, 0.29) is 0 Å². The lowest BCUT2D eigenvalue weighted by molar-refractivity contribution is 0.0664. The number of hydrogen-bond acceptors (Lipinski definition) is 4. The Balaban J connectivity index is 2.18. The molecule has 0 N–H and O–H groups in total. The highest BCUT2D eigenvalue weighted by molar-refractivity contribution is 9.10. The minimum atomic E-state index is 0.311. The van der Waals surface area contributed by atoms with E-state index in [1.807, 2.05) is 6.07 Å². The summed E-state index contributed by atoms with van der Waals surface area (Å²) < 4.78 is 6.69. The summed E-state index contributed by atoms with van der Waals surface area (Å²) in [6.07, 6.45) is 4.40. The Kier molecular flexibility index (Phi) is 5.58. The van der Waals surface area contributed by atoms with Crippen molar-refractivity contribution >= 4 is 21.7 Å². The van der Waals surface area contributed by atoms with Gasteiger partial charge < -0.3 is 9.64 Å². The maximum atomic E-state index is 5.82. The van der Waals surface area contributed by atoms with Crippen LogP contribution in [0.3, 0.4) is 0 Å². The predicted molar refractivity (Wildman–Crippen MR) is 80.6 cm³/mol. The zero-order valence-electron chi connectivity index (χ0n) is 11.7. The van der Waals surface area contributed by atoms with Crippen LogP contribution in [-0.4, -0.2) is 35.8 Å². The van der Waals surface area contributed by atoms with Crippen molar-refractivity contribution in [2.24, 2.45) is 0 Å². The molecule has 0 aromatic carbocycles. The lowest BCUT2D eigenvalue weighted by atomic mass is 10.2. The van der Waals surface area contributed by atoms with E-state index in [2.05, 4.69) is 44.6 Å². The fourth-order valence-electron chi connectivity index (χ4n) is 2.30. The molecule has 1 unspecified atom stereocenters. The molecule has 1 aromatic rings. The van der Waals surface area contributed by atoms with Crippen molar-refractivity contribution in [1.82, 2.24) is 9.97 Å². The molecule has 0 aliphatic carbocycles. The molecule has 1 atom stereocenters. The van der Waals surface area contributed by atoms with Crippen LogP contribution in [0.4, 0.5) is 5.82 Å². The fourth-order valence-corrected chi connectivity index (χ4v) is 2.71. The average molecular weight is 328 g/mol. The molecule has 1 fully saturated rings. The van der Waals surface area contributed by atoms with E-state index in [0.717, 1.165) is 61.6 Å². The lowest BCUT2D eigenvalue weighted by Gasteiger charge is -2.24. The molecule has 1 saturated heterocycles. The van der Waals surface area contributed by atoms with Gasteiger partial charge in [-0.25, -0.2) is 9.97 Å². The quantitative estimate of drug-likeness (QED) is 0.796. The van der Waals surface area contributed by atoms with Crippen LogP contribution < -0.4 is 4.90 Å². The van der Waals surface area contributed by atoms with Crippen molar-refractivity contribution < 1.29 is 4.74 Å². The van der Waals surface area contributed by atoms with Crippen LogP contribution in [0.1, 0.15) is 38.9 Å². The Morgan fingerprint density at radius 1 is 1.42 bits per heavy atom. The summed E-state index contributed by atoms with van der Waals surface area (Å²) >= 11 is 3.49. The van der Waals surface area contributed by atoms with Gasteiger partial charge >= 0.3 is 0 Å². The molecule has 106 valence electrons. The van der Waals surface area contributed by atoms with Crippen LogP contribution in [-0.2, 0) is 11.2 Å². The van der Waals surface area contributed by atoms with Crippen LogP contribution in [0.25, 0.3) is 0 Å². The van der Waals surface area contributed by atoms with Crippen molar-refractivity contribution in [3.05, 3.63) is 16.5 Å². The Morgan fingerprint density at radius 2 is 2.26 bits per heavy atom. The van der Waals surface area contributed by atoms with E-state index in [4.69, 9.17) is 4.74 Å². The minimum absolute atomic E-state index is 0.311. The molecule has 0 radical (unpaired) electrons. The van der Waals surface area contributed by atoms with E-state index in [9.17, 15) is 0 Å². The second kappa shape index (κ2) is 7.20. The van der Waals surface area contributed by atoms with Crippen molar-refractivity contribution in [3.8, 4) is 0 Å². The zero-order valence-corrected chi connectivity index (χ0v) is 13.3. The molecule has 1 aliphatic heterocycles.